The van der Waals surface area contributed by atoms with Crippen LogP contribution in [0.1, 0.15) is 42.4 Å². The predicted octanol–water partition coefficient (Wildman–Crippen LogP) is 5.61. The van der Waals surface area contributed by atoms with E-state index in [0.717, 1.165) is 27.6 Å². The highest BCUT2D eigenvalue weighted by Gasteiger charge is 2.49. The van der Waals surface area contributed by atoms with E-state index in [0.29, 0.717) is 25.7 Å². The Bertz CT molecular complexity index is 1670. The number of para-hydroxylation sites is 1. The topological polar surface area (TPSA) is 158 Å². The van der Waals surface area contributed by atoms with Crippen LogP contribution in [-0.2, 0) is 38.3 Å². The first-order valence-corrected chi connectivity index (χ1v) is 17.0. The lowest BCUT2D eigenvalue weighted by atomic mass is 9.87. The number of carbonyl (C=O) groups is 3. The summed E-state index contributed by atoms with van der Waals surface area (Å²) in [6.45, 7) is -0.0141. The number of benzene rings is 3. The normalized spacial score (nSPS) is 16.7. The van der Waals surface area contributed by atoms with Gasteiger partial charge in [0.2, 0.25) is 13.3 Å². The van der Waals surface area contributed by atoms with E-state index >= 15 is 0 Å². The number of aromatic amines is 1. The van der Waals surface area contributed by atoms with Crippen LogP contribution >= 0.6 is 7.37 Å². The van der Waals surface area contributed by atoms with Crippen molar-refractivity contribution >= 4 is 36.2 Å². The summed E-state index contributed by atoms with van der Waals surface area (Å²) >= 11 is 0. The lowest BCUT2D eigenvalue weighted by molar-refractivity contribution is -0.143. The summed E-state index contributed by atoms with van der Waals surface area (Å²) in [5.41, 5.74) is 1.84. The molecule has 236 valence electrons. The van der Waals surface area contributed by atoms with Gasteiger partial charge in [-0.05, 0) is 35.6 Å². The molecule has 2 amide bonds. The van der Waals surface area contributed by atoms with E-state index in [-0.39, 0.29) is 19.4 Å². The molecule has 0 saturated heterocycles. The Labute approximate surface area is 261 Å². The highest BCUT2D eigenvalue weighted by Crippen LogP contribution is 2.55. The van der Waals surface area contributed by atoms with Crippen LogP contribution in [0.4, 0.5) is 4.79 Å². The van der Waals surface area contributed by atoms with Crippen LogP contribution in [-0.4, -0.2) is 50.9 Å². The average molecular weight is 632 g/mol. The second kappa shape index (κ2) is 14.1. The standard InChI is InChI=1S/C34H38N3O7P/c38-31(39)29(20-26-21-35-28-16-8-7-15-27(26)28)36-32(40)34(17-9-10-18-34)23-45(42,43)30(19-24-11-3-1-4-12-24)37-33(41)44-22-25-13-5-2-6-14-25/h1-8,11-16,21,29-30,35H,9-10,17-20,22-23H2,(H,36,40)(H,37,41)(H,38,39)(H,42,43)/t29-,30-/m0/s1. The Balaban J connectivity index is 1.34. The molecule has 0 spiro atoms. The van der Waals surface area contributed by atoms with Crippen molar-refractivity contribution in [3.05, 3.63) is 108 Å². The van der Waals surface area contributed by atoms with Gasteiger partial charge in [-0.2, -0.15) is 0 Å². The van der Waals surface area contributed by atoms with Crippen molar-refractivity contribution in [1.29, 1.82) is 0 Å². The van der Waals surface area contributed by atoms with Crippen LogP contribution < -0.4 is 10.6 Å². The summed E-state index contributed by atoms with van der Waals surface area (Å²) in [6, 6.07) is 24.4. The lowest BCUT2D eigenvalue weighted by Gasteiger charge is -2.34. The number of amides is 2. The van der Waals surface area contributed by atoms with E-state index in [1.165, 1.54) is 0 Å². The Kier molecular flexibility index (Phi) is 10.1. The number of rotatable bonds is 13. The summed E-state index contributed by atoms with van der Waals surface area (Å²) in [7, 11) is -4.27. The number of alkyl carbamates (subject to hydrolysis) is 1. The van der Waals surface area contributed by atoms with Gasteiger partial charge in [0.1, 0.15) is 18.4 Å². The monoisotopic (exact) mass is 631 g/mol. The number of H-pyrrole nitrogens is 1. The molecule has 5 N–H and O–H groups in total. The molecule has 0 aliphatic heterocycles. The van der Waals surface area contributed by atoms with E-state index in [1.807, 2.05) is 48.5 Å². The van der Waals surface area contributed by atoms with Gasteiger partial charge in [-0.1, -0.05) is 91.7 Å². The van der Waals surface area contributed by atoms with Gasteiger partial charge in [0, 0.05) is 36.1 Å². The van der Waals surface area contributed by atoms with Crippen molar-refractivity contribution in [2.45, 2.75) is 57.0 Å². The fraction of sp³-hybridized carbons (Fsp3) is 0.324. The summed E-state index contributed by atoms with van der Waals surface area (Å²) in [4.78, 5) is 53.8. The summed E-state index contributed by atoms with van der Waals surface area (Å²) in [5.74, 6) is -2.99. The van der Waals surface area contributed by atoms with Crippen LogP contribution in [0.5, 0.6) is 0 Å². The molecular formula is C34H38N3O7P. The van der Waals surface area contributed by atoms with Gasteiger partial charge in [0.15, 0.2) is 0 Å². The SMILES string of the molecule is O=C(N[C@H](Cc1ccccc1)P(=O)(O)CC1(C(=O)N[C@@H](Cc2c[nH]c3ccccc23)C(=O)O)CCCC1)OCc1ccccc1. The first kappa shape index (κ1) is 32.0. The van der Waals surface area contributed by atoms with Crippen LogP contribution in [0.15, 0.2) is 91.1 Å². The van der Waals surface area contributed by atoms with E-state index in [1.54, 1.807) is 42.6 Å². The minimum atomic E-state index is -4.27. The summed E-state index contributed by atoms with van der Waals surface area (Å²) in [6.07, 6.45) is 2.56. The maximum atomic E-state index is 14.2. The number of hydrogen-bond donors (Lipinski definition) is 5. The van der Waals surface area contributed by atoms with Gasteiger partial charge in [-0.15, -0.1) is 0 Å². The molecule has 1 aliphatic carbocycles. The number of carboxylic acids is 1. The van der Waals surface area contributed by atoms with Crippen molar-refractivity contribution in [2.24, 2.45) is 5.41 Å². The number of carboxylic acid groups (broad SMARTS) is 1. The van der Waals surface area contributed by atoms with Crippen LogP contribution in [0, 0.1) is 5.41 Å². The zero-order valence-electron chi connectivity index (χ0n) is 24.9. The molecular weight excluding hydrogens is 593 g/mol. The average Bonchev–Trinajstić information content (AvgIpc) is 3.68. The van der Waals surface area contributed by atoms with Gasteiger partial charge in [0.05, 0.1) is 5.41 Å². The molecule has 1 unspecified atom stereocenters. The number of fused-ring (bicyclic) bond motifs is 1. The van der Waals surface area contributed by atoms with Crippen molar-refractivity contribution in [3.8, 4) is 0 Å². The first-order valence-electron chi connectivity index (χ1n) is 15.1. The van der Waals surface area contributed by atoms with E-state index in [4.69, 9.17) is 4.74 Å². The maximum Gasteiger partial charge on any atom is 0.408 e. The molecule has 10 nitrogen and oxygen atoms in total. The number of hydrogen-bond acceptors (Lipinski definition) is 5. The third-order valence-electron chi connectivity index (χ3n) is 8.53. The number of ether oxygens (including phenoxy) is 1. The summed E-state index contributed by atoms with van der Waals surface area (Å²) < 4.78 is 19.6. The maximum absolute atomic E-state index is 14.2. The van der Waals surface area contributed by atoms with Crippen LogP contribution in [0.2, 0.25) is 0 Å². The van der Waals surface area contributed by atoms with Gasteiger partial charge < -0.3 is 30.4 Å². The minimum Gasteiger partial charge on any atom is -0.480 e. The Morgan fingerprint density at radius 2 is 1.49 bits per heavy atom. The number of aliphatic carboxylic acids is 1. The second-order valence-corrected chi connectivity index (χ2v) is 14.2. The second-order valence-electron chi connectivity index (χ2n) is 11.7. The minimum absolute atomic E-state index is 0.0141. The third-order valence-corrected chi connectivity index (χ3v) is 10.9. The molecule has 1 aromatic heterocycles. The lowest BCUT2D eigenvalue weighted by Crippen LogP contribution is -2.50. The molecule has 3 atom stereocenters. The molecule has 1 fully saturated rings. The molecule has 4 aromatic rings. The molecule has 5 rings (SSSR count). The van der Waals surface area contributed by atoms with Crippen molar-refractivity contribution in [1.82, 2.24) is 15.6 Å². The van der Waals surface area contributed by atoms with E-state index < -0.39 is 48.7 Å². The van der Waals surface area contributed by atoms with Crippen LogP contribution in [0.3, 0.4) is 0 Å². The third kappa shape index (κ3) is 8.01. The van der Waals surface area contributed by atoms with Gasteiger partial charge in [-0.3, -0.25) is 9.36 Å². The molecule has 1 aliphatic rings. The van der Waals surface area contributed by atoms with Crippen molar-refractivity contribution in [2.75, 3.05) is 6.16 Å². The molecule has 1 heterocycles. The van der Waals surface area contributed by atoms with Gasteiger partial charge in [-0.25, -0.2) is 9.59 Å². The van der Waals surface area contributed by atoms with Gasteiger partial charge in [0.25, 0.3) is 0 Å². The van der Waals surface area contributed by atoms with E-state index in [9.17, 15) is 28.9 Å². The molecule has 45 heavy (non-hydrogen) atoms. The predicted molar refractivity (Wildman–Crippen MR) is 171 cm³/mol. The fourth-order valence-electron chi connectivity index (χ4n) is 6.12. The summed E-state index contributed by atoms with van der Waals surface area (Å²) in [5, 5.41) is 16.2. The highest BCUT2D eigenvalue weighted by atomic mass is 31.2. The Hall–Kier alpha value is -4.40. The van der Waals surface area contributed by atoms with Crippen LogP contribution in [0.25, 0.3) is 10.9 Å². The molecule has 0 bridgehead atoms. The Morgan fingerprint density at radius 1 is 0.867 bits per heavy atom. The number of aromatic nitrogens is 1. The van der Waals surface area contributed by atoms with E-state index in [2.05, 4.69) is 15.6 Å². The molecule has 0 radical (unpaired) electrons. The van der Waals surface area contributed by atoms with Gasteiger partial charge >= 0.3 is 12.1 Å². The first-order chi connectivity index (χ1) is 21.6. The number of nitrogens with one attached hydrogen (secondary N) is 3. The zero-order chi connectivity index (χ0) is 31.9. The van der Waals surface area contributed by atoms with Crippen molar-refractivity contribution in [3.63, 3.8) is 0 Å². The number of carbonyl (C=O) groups excluding carboxylic acids is 2. The molecule has 1 saturated carbocycles. The highest BCUT2D eigenvalue weighted by molar-refractivity contribution is 7.58. The largest absolute Gasteiger partial charge is 0.480 e. The smallest absolute Gasteiger partial charge is 0.408 e. The fourth-order valence-corrected chi connectivity index (χ4v) is 8.47. The Morgan fingerprint density at radius 3 is 2.16 bits per heavy atom. The molecule has 11 heteroatoms. The van der Waals surface area contributed by atoms with Crippen molar-refractivity contribution < 1.29 is 33.7 Å². The molecule has 3 aromatic carbocycles. The quantitative estimate of drug-likeness (QED) is 0.120. The zero-order valence-corrected chi connectivity index (χ0v) is 25.7.